The maximum atomic E-state index is 11.6. The molecule has 1 rings (SSSR count). The third kappa shape index (κ3) is 7.33. The van der Waals surface area contributed by atoms with E-state index in [0.29, 0.717) is 32.8 Å². The fourth-order valence-electron chi connectivity index (χ4n) is 1.87. The first kappa shape index (κ1) is 18.3. The summed E-state index contributed by atoms with van der Waals surface area (Å²) in [4.78, 5) is 35.3. The van der Waals surface area contributed by atoms with Gasteiger partial charge in [0.2, 0.25) is 5.91 Å². The summed E-state index contributed by atoms with van der Waals surface area (Å²) < 4.78 is 10.6. The van der Waals surface area contributed by atoms with E-state index in [-0.39, 0.29) is 30.7 Å². The molecule has 124 valence electrons. The number of hydrogen-bond acceptors (Lipinski definition) is 5. The monoisotopic (exact) mass is 312 g/mol. The molecule has 1 N–H and O–H groups in total. The molecule has 22 heavy (non-hydrogen) atoms. The average molecular weight is 312 g/mol. The van der Waals surface area contributed by atoms with Crippen LogP contribution in [-0.4, -0.2) is 62.1 Å². The summed E-state index contributed by atoms with van der Waals surface area (Å²) in [5.74, 6) is -0.744. The first-order chi connectivity index (χ1) is 10.6. The molecule has 0 atom stereocenters. The molecule has 1 heterocycles. The van der Waals surface area contributed by atoms with E-state index in [1.807, 2.05) is 6.92 Å². The Balaban J connectivity index is 1.94. The lowest BCUT2D eigenvalue weighted by atomic mass is 10.3. The van der Waals surface area contributed by atoms with Crippen LogP contribution in [0.2, 0.25) is 0 Å². The van der Waals surface area contributed by atoms with Crippen molar-refractivity contribution in [3.05, 3.63) is 12.2 Å². The minimum absolute atomic E-state index is 0.113. The van der Waals surface area contributed by atoms with Crippen molar-refractivity contribution in [2.75, 3.05) is 39.5 Å². The number of nitrogens with one attached hydrogen (secondary N) is 1. The number of hydrogen-bond donors (Lipinski definition) is 1. The van der Waals surface area contributed by atoms with Crippen LogP contribution in [0.4, 0.5) is 0 Å². The van der Waals surface area contributed by atoms with Crippen molar-refractivity contribution in [3.63, 3.8) is 0 Å². The van der Waals surface area contributed by atoms with Gasteiger partial charge >= 0.3 is 0 Å². The van der Waals surface area contributed by atoms with Gasteiger partial charge in [-0.1, -0.05) is 6.92 Å². The molecule has 0 saturated carbocycles. The Labute approximate surface area is 130 Å². The second-order valence-electron chi connectivity index (χ2n) is 4.84. The van der Waals surface area contributed by atoms with Gasteiger partial charge < -0.3 is 14.8 Å². The predicted octanol–water partition coefficient (Wildman–Crippen LogP) is 0.251. The Morgan fingerprint density at radius 3 is 2.36 bits per heavy atom. The maximum absolute atomic E-state index is 11.6. The molecule has 0 aromatic heterocycles. The Kier molecular flexibility index (Phi) is 9.09. The van der Waals surface area contributed by atoms with E-state index < -0.39 is 0 Å². The van der Waals surface area contributed by atoms with Crippen LogP contribution in [0.3, 0.4) is 0 Å². The Morgan fingerprint density at radius 1 is 1.09 bits per heavy atom. The minimum Gasteiger partial charge on any atom is -0.379 e. The summed E-state index contributed by atoms with van der Waals surface area (Å²) in [6.45, 7) is 5.00. The summed E-state index contributed by atoms with van der Waals surface area (Å²) in [5, 5.41) is 2.72. The molecule has 1 aliphatic heterocycles. The molecular weight excluding hydrogens is 288 g/mol. The highest BCUT2D eigenvalue weighted by molar-refractivity contribution is 6.12. The highest BCUT2D eigenvalue weighted by atomic mass is 16.5. The smallest absolute Gasteiger partial charge is 0.253 e. The van der Waals surface area contributed by atoms with E-state index in [1.165, 1.54) is 12.2 Å². The normalized spacial score (nSPS) is 14.0. The van der Waals surface area contributed by atoms with Gasteiger partial charge in [0, 0.05) is 38.3 Å². The maximum Gasteiger partial charge on any atom is 0.253 e. The molecule has 3 amide bonds. The van der Waals surface area contributed by atoms with E-state index >= 15 is 0 Å². The van der Waals surface area contributed by atoms with Crippen molar-refractivity contribution >= 4 is 17.7 Å². The molecule has 0 radical (unpaired) electrons. The molecule has 0 spiro atoms. The van der Waals surface area contributed by atoms with Crippen LogP contribution in [-0.2, 0) is 23.9 Å². The van der Waals surface area contributed by atoms with Crippen molar-refractivity contribution in [1.29, 1.82) is 0 Å². The molecule has 7 nitrogen and oxygen atoms in total. The lowest BCUT2D eigenvalue weighted by molar-refractivity contribution is -0.137. The third-order valence-corrected chi connectivity index (χ3v) is 2.98. The number of imide groups is 1. The van der Waals surface area contributed by atoms with Gasteiger partial charge in [0.1, 0.15) is 0 Å². The summed E-state index contributed by atoms with van der Waals surface area (Å²) >= 11 is 0. The van der Waals surface area contributed by atoms with Crippen LogP contribution in [0, 0.1) is 0 Å². The van der Waals surface area contributed by atoms with Crippen LogP contribution in [0.5, 0.6) is 0 Å². The zero-order valence-corrected chi connectivity index (χ0v) is 13.0. The van der Waals surface area contributed by atoms with Crippen LogP contribution < -0.4 is 5.32 Å². The second kappa shape index (κ2) is 10.9. The molecule has 7 heteroatoms. The van der Waals surface area contributed by atoms with E-state index in [2.05, 4.69) is 5.32 Å². The quantitative estimate of drug-likeness (QED) is 0.412. The zero-order valence-electron chi connectivity index (χ0n) is 13.0. The van der Waals surface area contributed by atoms with Gasteiger partial charge in [-0.2, -0.15) is 0 Å². The third-order valence-electron chi connectivity index (χ3n) is 2.98. The molecule has 0 unspecified atom stereocenters. The molecule has 0 aliphatic carbocycles. The Bertz CT molecular complexity index is 391. The van der Waals surface area contributed by atoms with Gasteiger partial charge in [-0.15, -0.1) is 0 Å². The summed E-state index contributed by atoms with van der Waals surface area (Å²) in [7, 11) is 0. The topological polar surface area (TPSA) is 84.9 Å². The molecule has 0 aromatic rings. The molecule has 1 aliphatic rings. The molecular formula is C15H24N2O5. The molecule has 0 aromatic carbocycles. The number of nitrogens with zero attached hydrogens (tertiary/aromatic N) is 1. The fourth-order valence-corrected chi connectivity index (χ4v) is 1.87. The first-order valence-electron chi connectivity index (χ1n) is 7.61. The fraction of sp³-hybridized carbons (Fsp3) is 0.667. The Hall–Kier alpha value is -1.73. The largest absolute Gasteiger partial charge is 0.379 e. The number of ether oxygens (including phenoxy) is 2. The Morgan fingerprint density at radius 2 is 1.73 bits per heavy atom. The van der Waals surface area contributed by atoms with Crippen molar-refractivity contribution in [2.24, 2.45) is 0 Å². The highest BCUT2D eigenvalue weighted by Gasteiger charge is 2.22. The van der Waals surface area contributed by atoms with Crippen molar-refractivity contribution in [3.8, 4) is 0 Å². The van der Waals surface area contributed by atoms with Gasteiger partial charge in [0.25, 0.3) is 11.8 Å². The average Bonchev–Trinajstić information content (AvgIpc) is 2.82. The standard InChI is InChI=1S/C15H24N2O5/c1-2-9-21-11-12-22-10-7-16-13(18)4-3-8-17-14(19)5-6-15(17)20/h5-6H,2-4,7-12H2,1H3,(H,16,18). The minimum atomic E-state index is -0.316. The zero-order chi connectivity index (χ0) is 16.2. The number of rotatable bonds is 12. The first-order valence-corrected chi connectivity index (χ1v) is 7.61. The van der Waals surface area contributed by atoms with Crippen LogP contribution >= 0.6 is 0 Å². The van der Waals surface area contributed by atoms with E-state index in [1.54, 1.807) is 0 Å². The van der Waals surface area contributed by atoms with Gasteiger partial charge in [0.05, 0.1) is 19.8 Å². The van der Waals surface area contributed by atoms with E-state index in [0.717, 1.165) is 17.9 Å². The van der Waals surface area contributed by atoms with Crippen molar-refractivity contribution in [2.45, 2.75) is 26.2 Å². The summed E-state index contributed by atoms with van der Waals surface area (Å²) in [6, 6.07) is 0. The number of carbonyl (C=O) groups is 3. The molecule has 0 fully saturated rings. The summed E-state index contributed by atoms with van der Waals surface area (Å²) in [6.07, 6.45) is 4.20. The van der Waals surface area contributed by atoms with Gasteiger partial charge in [0.15, 0.2) is 0 Å². The van der Waals surface area contributed by atoms with Crippen LogP contribution in [0.25, 0.3) is 0 Å². The van der Waals surface area contributed by atoms with Gasteiger partial charge in [-0.25, -0.2) is 0 Å². The molecule has 0 saturated heterocycles. The van der Waals surface area contributed by atoms with Gasteiger partial charge in [-0.05, 0) is 12.8 Å². The van der Waals surface area contributed by atoms with Crippen LogP contribution in [0.15, 0.2) is 12.2 Å². The SMILES string of the molecule is CCCOCCOCCNC(=O)CCCN1C(=O)C=CC1=O. The predicted molar refractivity (Wildman–Crippen MR) is 80.0 cm³/mol. The molecule has 0 bridgehead atoms. The number of amides is 3. The van der Waals surface area contributed by atoms with Crippen molar-refractivity contribution < 1.29 is 23.9 Å². The highest BCUT2D eigenvalue weighted by Crippen LogP contribution is 2.05. The van der Waals surface area contributed by atoms with Gasteiger partial charge in [-0.3, -0.25) is 19.3 Å². The number of carbonyl (C=O) groups excluding carboxylic acids is 3. The van der Waals surface area contributed by atoms with E-state index in [4.69, 9.17) is 9.47 Å². The van der Waals surface area contributed by atoms with E-state index in [9.17, 15) is 14.4 Å². The second-order valence-corrected chi connectivity index (χ2v) is 4.84. The summed E-state index contributed by atoms with van der Waals surface area (Å²) in [5.41, 5.74) is 0. The van der Waals surface area contributed by atoms with Crippen LogP contribution in [0.1, 0.15) is 26.2 Å². The van der Waals surface area contributed by atoms with Crippen molar-refractivity contribution in [1.82, 2.24) is 10.2 Å². The lowest BCUT2D eigenvalue weighted by Crippen LogP contribution is -2.32. The lowest BCUT2D eigenvalue weighted by Gasteiger charge is -2.13.